The van der Waals surface area contributed by atoms with Crippen molar-refractivity contribution in [1.29, 1.82) is 0 Å². The van der Waals surface area contributed by atoms with Crippen molar-refractivity contribution < 1.29 is 4.39 Å². The van der Waals surface area contributed by atoms with E-state index in [1.54, 1.807) is 0 Å². The molecule has 0 saturated carbocycles. The van der Waals surface area contributed by atoms with E-state index in [9.17, 15) is 4.39 Å². The molecule has 0 aromatic heterocycles. The maximum Gasteiger partial charge on any atom is 0.123 e. The summed E-state index contributed by atoms with van der Waals surface area (Å²) in [6, 6.07) is 15.3. The molecule has 0 radical (unpaired) electrons. The van der Waals surface area contributed by atoms with Gasteiger partial charge in [0.15, 0.2) is 0 Å². The molecule has 2 aromatic carbocycles. The van der Waals surface area contributed by atoms with Crippen LogP contribution in [0.25, 0.3) is 0 Å². The van der Waals surface area contributed by atoms with Crippen LogP contribution in [0.15, 0.2) is 48.5 Å². The van der Waals surface area contributed by atoms with Gasteiger partial charge in [-0.1, -0.05) is 18.2 Å². The Labute approximate surface area is 121 Å². The highest BCUT2D eigenvalue weighted by molar-refractivity contribution is 14.1. The fourth-order valence-electron chi connectivity index (χ4n) is 1.89. The van der Waals surface area contributed by atoms with Crippen LogP contribution in [0.2, 0.25) is 0 Å². The third kappa shape index (κ3) is 3.98. The minimum absolute atomic E-state index is 0.183. The molecule has 0 aliphatic rings. The maximum atomic E-state index is 12.8. The van der Waals surface area contributed by atoms with E-state index in [0.29, 0.717) is 6.04 Å². The van der Waals surface area contributed by atoms with Gasteiger partial charge in [0, 0.05) is 15.3 Å². The average molecular weight is 355 g/mol. The predicted molar refractivity (Wildman–Crippen MR) is 82.3 cm³/mol. The van der Waals surface area contributed by atoms with Gasteiger partial charge in [0.05, 0.1) is 0 Å². The summed E-state index contributed by atoms with van der Waals surface area (Å²) in [5, 5.41) is 3.45. The van der Waals surface area contributed by atoms with E-state index in [2.05, 4.69) is 53.0 Å². The quantitative estimate of drug-likeness (QED) is 0.798. The Hall–Kier alpha value is -1.10. The van der Waals surface area contributed by atoms with Crippen LogP contribution in [0.3, 0.4) is 0 Å². The summed E-state index contributed by atoms with van der Waals surface area (Å²) in [7, 11) is 0. The van der Waals surface area contributed by atoms with Gasteiger partial charge in [-0.15, -0.1) is 0 Å². The predicted octanol–water partition coefficient (Wildman–Crippen LogP) is 4.47. The zero-order chi connectivity index (χ0) is 13.0. The Morgan fingerprint density at radius 3 is 2.56 bits per heavy atom. The zero-order valence-electron chi connectivity index (χ0n) is 10.2. The summed E-state index contributed by atoms with van der Waals surface area (Å²) >= 11 is 2.30. The minimum Gasteiger partial charge on any atom is -0.382 e. The van der Waals surface area contributed by atoms with Crippen molar-refractivity contribution in [1.82, 2.24) is 0 Å². The van der Waals surface area contributed by atoms with E-state index >= 15 is 0 Å². The molecule has 0 amide bonds. The standard InChI is InChI=1S/C15H15FIN/c1-11(9-12-5-7-13(16)8-6-12)18-15-4-2-3-14(17)10-15/h2-8,10-11,18H,9H2,1H3. The highest BCUT2D eigenvalue weighted by Crippen LogP contribution is 2.15. The third-order valence-electron chi connectivity index (χ3n) is 2.69. The van der Waals surface area contributed by atoms with Crippen LogP contribution in [-0.4, -0.2) is 6.04 Å². The van der Waals surface area contributed by atoms with Gasteiger partial charge >= 0.3 is 0 Å². The molecule has 0 aliphatic carbocycles. The first-order valence-corrected chi connectivity index (χ1v) is 6.98. The lowest BCUT2D eigenvalue weighted by molar-refractivity contribution is 0.626. The smallest absolute Gasteiger partial charge is 0.123 e. The van der Waals surface area contributed by atoms with Crippen molar-refractivity contribution in [2.24, 2.45) is 0 Å². The van der Waals surface area contributed by atoms with Crippen LogP contribution < -0.4 is 5.32 Å². The monoisotopic (exact) mass is 355 g/mol. The third-order valence-corrected chi connectivity index (χ3v) is 3.36. The number of rotatable bonds is 4. The van der Waals surface area contributed by atoms with Crippen molar-refractivity contribution in [3.63, 3.8) is 0 Å². The summed E-state index contributed by atoms with van der Waals surface area (Å²) in [4.78, 5) is 0. The van der Waals surface area contributed by atoms with Crippen LogP contribution in [0.5, 0.6) is 0 Å². The lowest BCUT2D eigenvalue weighted by atomic mass is 10.1. The van der Waals surface area contributed by atoms with Crippen LogP contribution in [0.1, 0.15) is 12.5 Å². The number of hydrogen-bond acceptors (Lipinski definition) is 1. The average Bonchev–Trinajstić information content (AvgIpc) is 2.32. The molecule has 0 saturated heterocycles. The van der Waals surface area contributed by atoms with Crippen molar-refractivity contribution in [3.8, 4) is 0 Å². The first-order chi connectivity index (χ1) is 8.63. The van der Waals surface area contributed by atoms with Crippen LogP contribution in [-0.2, 0) is 6.42 Å². The second-order valence-electron chi connectivity index (χ2n) is 4.39. The van der Waals surface area contributed by atoms with E-state index in [-0.39, 0.29) is 5.82 Å². The first kappa shape index (κ1) is 13.3. The molecule has 94 valence electrons. The van der Waals surface area contributed by atoms with E-state index in [1.165, 1.54) is 15.7 Å². The van der Waals surface area contributed by atoms with Crippen LogP contribution in [0, 0.1) is 9.39 Å². The molecule has 2 rings (SSSR count). The highest BCUT2D eigenvalue weighted by Gasteiger charge is 2.04. The number of nitrogens with one attached hydrogen (secondary N) is 1. The van der Waals surface area contributed by atoms with Gasteiger partial charge in [-0.25, -0.2) is 4.39 Å². The first-order valence-electron chi connectivity index (χ1n) is 5.90. The molecular weight excluding hydrogens is 340 g/mol. The molecule has 3 heteroatoms. The number of hydrogen-bond donors (Lipinski definition) is 1. The Kier molecular flexibility index (Phi) is 4.58. The number of benzene rings is 2. The normalized spacial score (nSPS) is 12.2. The molecule has 2 aromatic rings. The van der Waals surface area contributed by atoms with Gasteiger partial charge in [0.2, 0.25) is 0 Å². The van der Waals surface area contributed by atoms with Crippen molar-refractivity contribution in [3.05, 3.63) is 63.5 Å². The Morgan fingerprint density at radius 2 is 1.89 bits per heavy atom. The highest BCUT2D eigenvalue weighted by atomic mass is 127. The second-order valence-corrected chi connectivity index (χ2v) is 5.63. The molecule has 1 nitrogen and oxygen atoms in total. The van der Waals surface area contributed by atoms with Gasteiger partial charge in [-0.05, 0) is 71.8 Å². The molecule has 1 N–H and O–H groups in total. The van der Waals surface area contributed by atoms with Gasteiger partial charge in [0.25, 0.3) is 0 Å². The lowest BCUT2D eigenvalue weighted by Gasteiger charge is -2.15. The van der Waals surface area contributed by atoms with Crippen molar-refractivity contribution >= 4 is 28.3 Å². The summed E-state index contributed by atoms with van der Waals surface area (Å²) in [5.41, 5.74) is 2.26. The molecule has 0 bridgehead atoms. The van der Waals surface area contributed by atoms with E-state index in [0.717, 1.165) is 17.7 Å². The molecule has 1 atom stereocenters. The van der Waals surface area contributed by atoms with Gasteiger partial charge in [0.1, 0.15) is 5.82 Å². The topological polar surface area (TPSA) is 12.0 Å². The van der Waals surface area contributed by atoms with Gasteiger partial charge in [-0.3, -0.25) is 0 Å². The maximum absolute atomic E-state index is 12.8. The van der Waals surface area contributed by atoms with Gasteiger partial charge in [-0.2, -0.15) is 0 Å². The summed E-state index contributed by atoms with van der Waals surface area (Å²) in [5.74, 6) is -0.183. The van der Waals surface area contributed by atoms with Crippen LogP contribution in [0.4, 0.5) is 10.1 Å². The van der Waals surface area contributed by atoms with Crippen LogP contribution >= 0.6 is 22.6 Å². The fraction of sp³-hybridized carbons (Fsp3) is 0.200. The fourth-order valence-corrected chi connectivity index (χ4v) is 2.43. The summed E-state index contributed by atoms with van der Waals surface area (Å²) in [6.45, 7) is 2.13. The largest absolute Gasteiger partial charge is 0.382 e. The zero-order valence-corrected chi connectivity index (χ0v) is 12.3. The lowest BCUT2D eigenvalue weighted by Crippen LogP contribution is -2.18. The van der Waals surface area contributed by atoms with E-state index < -0.39 is 0 Å². The molecule has 0 spiro atoms. The molecule has 0 fully saturated rings. The Bertz CT molecular complexity index is 510. The number of halogens is 2. The summed E-state index contributed by atoms with van der Waals surface area (Å²) < 4.78 is 14.0. The van der Waals surface area contributed by atoms with Gasteiger partial charge < -0.3 is 5.32 Å². The number of anilines is 1. The summed E-state index contributed by atoms with van der Waals surface area (Å²) in [6.07, 6.45) is 0.881. The SMILES string of the molecule is CC(Cc1ccc(F)cc1)Nc1cccc(I)c1. The van der Waals surface area contributed by atoms with Crippen molar-refractivity contribution in [2.45, 2.75) is 19.4 Å². The minimum atomic E-state index is -0.183. The molecular formula is C15H15FIN. The molecule has 0 aliphatic heterocycles. The van der Waals surface area contributed by atoms with E-state index in [4.69, 9.17) is 0 Å². The Balaban J connectivity index is 1.96. The van der Waals surface area contributed by atoms with E-state index in [1.807, 2.05) is 18.2 Å². The second kappa shape index (κ2) is 6.18. The van der Waals surface area contributed by atoms with Crippen molar-refractivity contribution in [2.75, 3.05) is 5.32 Å². The molecule has 0 heterocycles. The molecule has 18 heavy (non-hydrogen) atoms. The Morgan fingerprint density at radius 1 is 1.17 bits per heavy atom. The molecule has 1 unspecified atom stereocenters.